The Bertz CT molecular complexity index is 493. The van der Waals surface area contributed by atoms with Gasteiger partial charge in [-0.2, -0.15) is 0 Å². The maximum atomic E-state index is 12.2. The molecule has 1 aliphatic rings. The predicted octanol–water partition coefficient (Wildman–Crippen LogP) is 4.08. The SMILES string of the molecule is CCC1CCC(Cl)C(=O)C1=Cc1cccc(OC)c1. The third-order valence-electron chi connectivity index (χ3n) is 3.69. The molecule has 19 heavy (non-hydrogen) atoms. The van der Waals surface area contributed by atoms with E-state index in [4.69, 9.17) is 16.3 Å². The molecule has 0 heterocycles. The lowest BCUT2D eigenvalue weighted by molar-refractivity contribution is -0.116. The number of hydrogen-bond donors (Lipinski definition) is 0. The van der Waals surface area contributed by atoms with Crippen LogP contribution in [0.1, 0.15) is 31.7 Å². The number of methoxy groups -OCH3 is 1. The molecule has 0 spiro atoms. The quantitative estimate of drug-likeness (QED) is 0.615. The number of Topliss-reactive ketones (excluding diaryl/α,β-unsaturated/α-hetero) is 1. The molecule has 0 radical (unpaired) electrons. The topological polar surface area (TPSA) is 26.3 Å². The molecule has 0 aromatic heterocycles. The highest BCUT2D eigenvalue weighted by atomic mass is 35.5. The predicted molar refractivity (Wildman–Crippen MR) is 78.6 cm³/mol. The van der Waals surface area contributed by atoms with Gasteiger partial charge < -0.3 is 4.74 Å². The first-order valence-corrected chi connectivity index (χ1v) is 7.13. The number of alkyl halides is 1. The fourth-order valence-electron chi connectivity index (χ4n) is 2.54. The van der Waals surface area contributed by atoms with Crippen LogP contribution >= 0.6 is 11.6 Å². The first-order valence-electron chi connectivity index (χ1n) is 6.69. The number of ketones is 1. The standard InChI is InChI=1S/C16H19ClO2/c1-3-12-7-8-15(17)16(18)14(12)10-11-5-4-6-13(9-11)19-2/h4-6,9-10,12,15H,3,7-8H2,1-2H3. The van der Waals surface area contributed by atoms with Crippen molar-refractivity contribution in [3.63, 3.8) is 0 Å². The second-order valence-corrected chi connectivity index (χ2v) is 5.42. The van der Waals surface area contributed by atoms with Crippen molar-refractivity contribution in [2.75, 3.05) is 7.11 Å². The van der Waals surface area contributed by atoms with Gasteiger partial charge >= 0.3 is 0 Å². The largest absolute Gasteiger partial charge is 0.497 e. The number of rotatable bonds is 3. The molecule has 0 bridgehead atoms. The van der Waals surface area contributed by atoms with Crippen molar-refractivity contribution in [1.82, 2.24) is 0 Å². The number of ether oxygens (including phenoxy) is 1. The van der Waals surface area contributed by atoms with E-state index in [2.05, 4.69) is 6.92 Å². The molecule has 1 saturated carbocycles. The summed E-state index contributed by atoms with van der Waals surface area (Å²) in [6.45, 7) is 2.12. The van der Waals surface area contributed by atoms with E-state index in [-0.39, 0.29) is 11.2 Å². The zero-order valence-corrected chi connectivity index (χ0v) is 12.1. The molecule has 2 unspecified atom stereocenters. The molecule has 2 nitrogen and oxygen atoms in total. The van der Waals surface area contributed by atoms with Crippen LogP contribution in [0.25, 0.3) is 6.08 Å². The lowest BCUT2D eigenvalue weighted by Gasteiger charge is -2.26. The van der Waals surface area contributed by atoms with Gasteiger partial charge in [-0.1, -0.05) is 19.1 Å². The third-order valence-corrected chi connectivity index (χ3v) is 4.10. The Balaban J connectivity index is 2.34. The van der Waals surface area contributed by atoms with Crippen LogP contribution in [0.15, 0.2) is 29.8 Å². The molecule has 1 aromatic rings. The van der Waals surface area contributed by atoms with Crippen LogP contribution in [0.5, 0.6) is 5.75 Å². The van der Waals surface area contributed by atoms with Crippen LogP contribution in [-0.2, 0) is 4.79 Å². The van der Waals surface area contributed by atoms with E-state index >= 15 is 0 Å². The highest BCUT2D eigenvalue weighted by Crippen LogP contribution is 2.33. The fraction of sp³-hybridized carbons (Fsp3) is 0.438. The van der Waals surface area contributed by atoms with E-state index in [0.717, 1.165) is 36.1 Å². The van der Waals surface area contributed by atoms with Gasteiger partial charge in [-0.15, -0.1) is 11.6 Å². The molecule has 1 fully saturated rings. The lowest BCUT2D eigenvalue weighted by Crippen LogP contribution is -2.28. The number of hydrogen-bond acceptors (Lipinski definition) is 2. The van der Waals surface area contributed by atoms with Crippen molar-refractivity contribution >= 4 is 23.5 Å². The molecular formula is C16H19ClO2. The monoisotopic (exact) mass is 278 g/mol. The minimum absolute atomic E-state index is 0.0857. The normalized spacial score (nSPS) is 25.6. The van der Waals surface area contributed by atoms with Gasteiger partial charge in [0.05, 0.1) is 12.5 Å². The van der Waals surface area contributed by atoms with Crippen LogP contribution in [0.4, 0.5) is 0 Å². The number of carbonyl (C=O) groups is 1. The summed E-state index contributed by atoms with van der Waals surface area (Å²) in [5.74, 6) is 1.21. The van der Waals surface area contributed by atoms with Crippen molar-refractivity contribution in [2.45, 2.75) is 31.6 Å². The Kier molecular flexibility index (Phi) is 4.65. The van der Waals surface area contributed by atoms with Gasteiger partial charge in [0.2, 0.25) is 0 Å². The molecule has 3 heteroatoms. The third kappa shape index (κ3) is 3.19. The van der Waals surface area contributed by atoms with Crippen molar-refractivity contribution < 1.29 is 9.53 Å². The van der Waals surface area contributed by atoms with Gasteiger partial charge in [-0.25, -0.2) is 0 Å². The smallest absolute Gasteiger partial charge is 0.176 e. The van der Waals surface area contributed by atoms with Crippen molar-refractivity contribution in [1.29, 1.82) is 0 Å². The average Bonchev–Trinajstić information content (AvgIpc) is 2.44. The summed E-state index contributed by atoms with van der Waals surface area (Å²) in [6.07, 6.45) is 4.72. The second-order valence-electron chi connectivity index (χ2n) is 4.89. The maximum Gasteiger partial charge on any atom is 0.176 e. The first kappa shape index (κ1) is 14.1. The van der Waals surface area contributed by atoms with Gasteiger partial charge in [0.15, 0.2) is 5.78 Å². The van der Waals surface area contributed by atoms with Gasteiger partial charge in [0.1, 0.15) is 5.75 Å². The highest BCUT2D eigenvalue weighted by molar-refractivity contribution is 6.34. The van der Waals surface area contributed by atoms with E-state index in [1.165, 1.54) is 0 Å². The molecule has 1 aliphatic carbocycles. The highest BCUT2D eigenvalue weighted by Gasteiger charge is 2.30. The van der Waals surface area contributed by atoms with Crippen molar-refractivity contribution in [3.8, 4) is 5.75 Å². The molecule has 2 rings (SSSR count). The summed E-state index contributed by atoms with van der Waals surface area (Å²) in [5, 5.41) is -0.361. The van der Waals surface area contributed by atoms with E-state index in [0.29, 0.717) is 5.92 Å². The van der Waals surface area contributed by atoms with E-state index in [1.54, 1.807) is 7.11 Å². The van der Waals surface area contributed by atoms with Gasteiger partial charge in [0.25, 0.3) is 0 Å². The molecule has 0 N–H and O–H groups in total. The Labute approximate surface area is 119 Å². The Morgan fingerprint density at radius 1 is 1.42 bits per heavy atom. The molecular weight excluding hydrogens is 260 g/mol. The average molecular weight is 279 g/mol. The molecule has 0 amide bonds. The van der Waals surface area contributed by atoms with Gasteiger partial charge in [-0.3, -0.25) is 4.79 Å². The number of allylic oxidation sites excluding steroid dienone is 1. The second kappa shape index (κ2) is 6.25. The van der Waals surface area contributed by atoms with E-state index in [1.807, 2.05) is 30.3 Å². The minimum atomic E-state index is -0.361. The Morgan fingerprint density at radius 2 is 2.21 bits per heavy atom. The van der Waals surface area contributed by atoms with Gasteiger partial charge in [-0.05, 0) is 49.0 Å². The summed E-state index contributed by atoms with van der Waals surface area (Å²) in [7, 11) is 1.64. The summed E-state index contributed by atoms with van der Waals surface area (Å²) < 4.78 is 5.20. The van der Waals surface area contributed by atoms with Crippen LogP contribution in [0.2, 0.25) is 0 Å². The molecule has 102 valence electrons. The molecule has 2 atom stereocenters. The van der Waals surface area contributed by atoms with Crippen molar-refractivity contribution in [2.24, 2.45) is 5.92 Å². The van der Waals surface area contributed by atoms with E-state index < -0.39 is 0 Å². The molecule has 1 aromatic carbocycles. The number of benzene rings is 1. The molecule has 0 aliphatic heterocycles. The maximum absolute atomic E-state index is 12.2. The number of carbonyl (C=O) groups excluding carboxylic acids is 1. The first-order chi connectivity index (χ1) is 9.15. The van der Waals surface area contributed by atoms with Crippen LogP contribution in [0.3, 0.4) is 0 Å². The minimum Gasteiger partial charge on any atom is -0.497 e. The van der Waals surface area contributed by atoms with E-state index in [9.17, 15) is 4.79 Å². The summed E-state index contributed by atoms with van der Waals surface area (Å²) in [4.78, 5) is 12.2. The molecule has 0 saturated heterocycles. The van der Waals surface area contributed by atoms with Crippen LogP contribution in [-0.4, -0.2) is 18.3 Å². The summed E-state index contributed by atoms with van der Waals surface area (Å²) >= 11 is 6.09. The van der Waals surface area contributed by atoms with Gasteiger partial charge in [0, 0.05) is 5.57 Å². The van der Waals surface area contributed by atoms with Crippen LogP contribution < -0.4 is 4.74 Å². The zero-order chi connectivity index (χ0) is 13.8. The number of halogens is 1. The fourth-order valence-corrected chi connectivity index (χ4v) is 2.79. The summed E-state index contributed by atoms with van der Waals surface area (Å²) in [6, 6.07) is 7.74. The Morgan fingerprint density at radius 3 is 2.89 bits per heavy atom. The summed E-state index contributed by atoms with van der Waals surface area (Å²) in [5.41, 5.74) is 1.86. The zero-order valence-electron chi connectivity index (χ0n) is 11.4. The van der Waals surface area contributed by atoms with Crippen molar-refractivity contribution in [3.05, 3.63) is 35.4 Å². The lowest BCUT2D eigenvalue weighted by atomic mass is 9.80. The Hall–Kier alpha value is -1.28. The van der Waals surface area contributed by atoms with Crippen LogP contribution in [0, 0.1) is 5.92 Å².